The first-order valence-corrected chi connectivity index (χ1v) is 4.56. The molecule has 0 aromatic heterocycles. The van der Waals surface area contributed by atoms with E-state index >= 15 is 0 Å². The summed E-state index contributed by atoms with van der Waals surface area (Å²) in [6.07, 6.45) is 0. The smallest absolute Gasteiger partial charge is 0.0788 e. The molecule has 2 aromatic carbocycles. The van der Waals surface area contributed by atoms with E-state index < -0.39 is 0 Å². The van der Waals surface area contributed by atoms with E-state index in [2.05, 4.69) is 0 Å². The number of nitrogens with zero attached hydrogens (tertiary/aromatic N) is 1. The molecule has 0 saturated carbocycles. The van der Waals surface area contributed by atoms with E-state index in [1.165, 1.54) is 0 Å². The highest BCUT2D eigenvalue weighted by atomic mass is 35.5. The zero-order valence-electron chi connectivity index (χ0n) is 6.74. The lowest BCUT2D eigenvalue weighted by atomic mass is 10.1. The molecule has 0 spiro atoms. The highest BCUT2D eigenvalue weighted by Gasteiger charge is 2.03. The Balaban J connectivity index is 2.76. The largest absolute Gasteiger partial charge is 0.193 e. The third-order valence-electron chi connectivity index (χ3n) is 1.95. The summed E-state index contributed by atoms with van der Waals surface area (Å²) in [4.78, 5) is 0. The Morgan fingerprint density at radius 3 is 2.31 bits per heavy atom. The molecule has 13 heavy (non-hydrogen) atoms. The van der Waals surface area contributed by atoms with Crippen LogP contribution in [0.4, 0.5) is 5.69 Å². The topological polar surface area (TPSA) is 3.24 Å². The molecule has 0 saturated heterocycles. The fourth-order valence-corrected chi connectivity index (χ4v) is 1.65. The summed E-state index contributed by atoms with van der Waals surface area (Å²) in [5.74, 6) is 0. The van der Waals surface area contributed by atoms with Crippen molar-refractivity contribution in [3.63, 3.8) is 0 Å². The van der Waals surface area contributed by atoms with Crippen LogP contribution < -0.4 is 3.94 Å². The summed E-state index contributed by atoms with van der Waals surface area (Å²) in [5, 5.41) is 2.18. The van der Waals surface area contributed by atoms with Crippen LogP contribution in [0.25, 0.3) is 10.8 Å². The van der Waals surface area contributed by atoms with E-state index in [4.69, 9.17) is 23.6 Å². The minimum Gasteiger partial charge on any atom is -0.193 e. The van der Waals surface area contributed by atoms with Crippen molar-refractivity contribution in [2.45, 2.75) is 0 Å². The molecule has 0 aliphatic rings. The van der Waals surface area contributed by atoms with Crippen molar-refractivity contribution in [2.75, 3.05) is 3.94 Å². The predicted molar refractivity (Wildman–Crippen MR) is 58.1 cm³/mol. The van der Waals surface area contributed by atoms with E-state index in [0.29, 0.717) is 0 Å². The van der Waals surface area contributed by atoms with Crippen LogP contribution in [0.1, 0.15) is 0 Å². The number of rotatable bonds is 1. The van der Waals surface area contributed by atoms with E-state index in [1.807, 2.05) is 42.5 Å². The van der Waals surface area contributed by atoms with Gasteiger partial charge in [-0.3, -0.25) is 0 Å². The molecular formula is C10H7Cl2N. The molecule has 0 bridgehead atoms. The minimum atomic E-state index is 0.807. The van der Waals surface area contributed by atoms with Crippen LogP contribution in [-0.2, 0) is 0 Å². The number of hydrogen-bond donors (Lipinski definition) is 0. The van der Waals surface area contributed by atoms with Crippen LogP contribution in [0.3, 0.4) is 0 Å². The highest BCUT2D eigenvalue weighted by Crippen LogP contribution is 2.28. The van der Waals surface area contributed by atoms with Crippen LogP contribution in [-0.4, -0.2) is 0 Å². The second kappa shape index (κ2) is 3.44. The van der Waals surface area contributed by atoms with Crippen molar-refractivity contribution >= 4 is 40.0 Å². The summed E-state index contributed by atoms with van der Waals surface area (Å²) in [5.41, 5.74) is 0.807. The molecular weight excluding hydrogens is 205 g/mol. The summed E-state index contributed by atoms with van der Waals surface area (Å²) in [6, 6.07) is 13.8. The summed E-state index contributed by atoms with van der Waals surface area (Å²) < 4.78 is 1.09. The van der Waals surface area contributed by atoms with Crippen molar-refractivity contribution in [1.82, 2.24) is 0 Å². The third-order valence-corrected chi connectivity index (χ3v) is 2.31. The number of benzene rings is 2. The minimum absolute atomic E-state index is 0.807. The van der Waals surface area contributed by atoms with Gasteiger partial charge in [-0.2, -0.15) is 3.94 Å². The Hall–Kier alpha value is -0.920. The standard InChI is InChI=1S/C10H7Cl2N/c11-13(12)10-7-3-5-8-4-1-2-6-9(8)10/h1-7H. The summed E-state index contributed by atoms with van der Waals surface area (Å²) in [6.45, 7) is 0. The van der Waals surface area contributed by atoms with E-state index in [1.54, 1.807) is 0 Å². The lowest BCUT2D eigenvalue weighted by Gasteiger charge is -2.08. The van der Waals surface area contributed by atoms with Gasteiger partial charge in [0.15, 0.2) is 0 Å². The van der Waals surface area contributed by atoms with E-state index in [9.17, 15) is 0 Å². The Morgan fingerprint density at radius 1 is 0.846 bits per heavy atom. The molecule has 0 fully saturated rings. The van der Waals surface area contributed by atoms with Gasteiger partial charge in [0.1, 0.15) is 0 Å². The highest BCUT2D eigenvalue weighted by molar-refractivity contribution is 6.50. The number of halogens is 2. The molecule has 0 N–H and O–H groups in total. The van der Waals surface area contributed by atoms with Gasteiger partial charge in [-0.1, -0.05) is 36.4 Å². The number of anilines is 1. The number of hydrogen-bond acceptors (Lipinski definition) is 1. The Kier molecular flexibility index (Phi) is 2.30. The monoisotopic (exact) mass is 211 g/mol. The predicted octanol–water partition coefficient (Wildman–Crippen LogP) is 3.95. The third kappa shape index (κ3) is 1.58. The van der Waals surface area contributed by atoms with Crippen molar-refractivity contribution in [3.05, 3.63) is 42.5 Å². The van der Waals surface area contributed by atoms with Crippen LogP contribution in [0.2, 0.25) is 0 Å². The molecule has 0 amide bonds. The van der Waals surface area contributed by atoms with Gasteiger partial charge in [0.05, 0.1) is 5.69 Å². The molecule has 0 unspecified atom stereocenters. The molecule has 2 rings (SSSR count). The van der Waals surface area contributed by atoms with Gasteiger partial charge in [0.25, 0.3) is 0 Å². The van der Waals surface area contributed by atoms with Crippen LogP contribution >= 0.6 is 23.6 Å². The molecule has 2 aromatic rings. The van der Waals surface area contributed by atoms with Gasteiger partial charge in [-0.25, -0.2) is 0 Å². The second-order valence-corrected chi connectivity index (χ2v) is 3.58. The van der Waals surface area contributed by atoms with Crippen molar-refractivity contribution in [3.8, 4) is 0 Å². The van der Waals surface area contributed by atoms with Crippen LogP contribution in [0.15, 0.2) is 42.5 Å². The quantitative estimate of drug-likeness (QED) is 0.646. The first-order valence-electron chi connectivity index (χ1n) is 3.88. The van der Waals surface area contributed by atoms with Gasteiger partial charge < -0.3 is 0 Å². The lowest BCUT2D eigenvalue weighted by molar-refractivity contribution is 1.62. The molecule has 3 heteroatoms. The van der Waals surface area contributed by atoms with Crippen LogP contribution in [0.5, 0.6) is 0 Å². The van der Waals surface area contributed by atoms with Crippen molar-refractivity contribution in [1.29, 1.82) is 0 Å². The zero-order valence-corrected chi connectivity index (χ0v) is 8.26. The second-order valence-electron chi connectivity index (χ2n) is 2.73. The average Bonchev–Trinajstić information content (AvgIpc) is 2.17. The molecule has 0 radical (unpaired) electrons. The summed E-state index contributed by atoms with van der Waals surface area (Å²) in [7, 11) is 0. The lowest BCUT2D eigenvalue weighted by Crippen LogP contribution is -1.92. The van der Waals surface area contributed by atoms with Crippen molar-refractivity contribution < 1.29 is 0 Å². The van der Waals surface area contributed by atoms with E-state index in [0.717, 1.165) is 20.4 Å². The SMILES string of the molecule is ClN(Cl)c1cccc2ccccc12. The maximum absolute atomic E-state index is 5.68. The zero-order chi connectivity index (χ0) is 9.26. The van der Waals surface area contributed by atoms with Gasteiger partial charge in [-0.15, -0.1) is 0 Å². The molecule has 0 aliphatic carbocycles. The maximum Gasteiger partial charge on any atom is 0.0788 e. The molecule has 1 nitrogen and oxygen atoms in total. The Bertz CT molecular complexity index is 421. The molecule has 0 aliphatic heterocycles. The maximum atomic E-state index is 5.68. The van der Waals surface area contributed by atoms with Gasteiger partial charge in [0.2, 0.25) is 0 Å². The van der Waals surface area contributed by atoms with Gasteiger partial charge >= 0.3 is 0 Å². The molecule has 66 valence electrons. The Labute approximate surface area is 86.7 Å². The molecule has 0 atom stereocenters. The van der Waals surface area contributed by atoms with E-state index in [-0.39, 0.29) is 0 Å². The first-order chi connectivity index (χ1) is 6.29. The fourth-order valence-electron chi connectivity index (χ4n) is 1.36. The Morgan fingerprint density at radius 2 is 1.54 bits per heavy atom. The first kappa shape index (κ1) is 8.67. The average molecular weight is 212 g/mol. The number of fused-ring (bicyclic) bond motifs is 1. The van der Waals surface area contributed by atoms with Gasteiger partial charge in [0, 0.05) is 28.9 Å². The van der Waals surface area contributed by atoms with Gasteiger partial charge in [-0.05, 0) is 11.5 Å². The summed E-state index contributed by atoms with van der Waals surface area (Å²) >= 11 is 11.4. The normalized spacial score (nSPS) is 10.3. The molecule has 0 heterocycles. The fraction of sp³-hybridized carbons (Fsp3) is 0. The van der Waals surface area contributed by atoms with Crippen LogP contribution in [0, 0.1) is 0 Å². The van der Waals surface area contributed by atoms with Crippen molar-refractivity contribution in [2.24, 2.45) is 0 Å².